The summed E-state index contributed by atoms with van der Waals surface area (Å²) >= 11 is 0. The number of fused-ring (bicyclic) bond motifs is 1. The fraction of sp³-hybridized carbons (Fsp3) is 0.167. The van der Waals surface area contributed by atoms with E-state index >= 15 is 0 Å². The van der Waals surface area contributed by atoms with Crippen LogP contribution in [-0.4, -0.2) is 36.0 Å². The number of anilines is 1. The number of pyridine rings is 1. The summed E-state index contributed by atoms with van der Waals surface area (Å²) in [4.78, 5) is 28.2. The number of aryl methyl sites for hydroxylation is 2. The summed E-state index contributed by atoms with van der Waals surface area (Å²) in [6, 6.07) is 9.30. The van der Waals surface area contributed by atoms with Crippen LogP contribution in [0, 0.1) is 6.92 Å². The number of carbonyl (C=O) groups excluding carboxylic acids is 1. The molecule has 8 nitrogen and oxygen atoms in total. The Kier molecular flexibility index (Phi) is 4.14. The third-order valence-electron chi connectivity index (χ3n) is 3.92. The number of benzene rings is 1. The summed E-state index contributed by atoms with van der Waals surface area (Å²) in [5.41, 5.74) is 3.28. The lowest BCUT2D eigenvalue weighted by Crippen LogP contribution is -2.12. The summed E-state index contributed by atoms with van der Waals surface area (Å²) in [5, 5.41) is 9.85. The van der Waals surface area contributed by atoms with E-state index in [1.807, 2.05) is 37.3 Å². The molecule has 1 amide bonds. The quantitative estimate of drug-likeness (QED) is 0.514. The maximum absolute atomic E-state index is 12.3. The Bertz CT molecular complexity index is 1030. The number of aromatic nitrogens is 6. The number of nitrogens with zero attached hydrogens (tertiary/aromatic N) is 4. The number of hydrogen-bond acceptors (Lipinski definition) is 5. The van der Waals surface area contributed by atoms with Gasteiger partial charge in [-0.2, -0.15) is 5.10 Å². The van der Waals surface area contributed by atoms with Gasteiger partial charge in [0, 0.05) is 30.3 Å². The van der Waals surface area contributed by atoms with Gasteiger partial charge in [0.15, 0.2) is 5.82 Å². The van der Waals surface area contributed by atoms with Crippen molar-refractivity contribution >= 4 is 22.6 Å². The molecule has 0 saturated carbocycles. The van der Waals surface area contributed by atoms with Crippen molar-refractivity contribution < 1.29 is 4.79 Å². The van der Waals surface area contributed by atoms with Crippen molar-refractivity contribution in [2.45, 2.75) is 19.8 Å². The number of aromatic amines is 2. The smallest absolute Gasteiger partial charge is 0.224 e. The summed E-state index contributed by atoms with van der Waals surface area (Å²) in [6.07, 6.45) is 4.28. The molecule has 0 unspecified atom stereocenters. The highest BCUT2D eigenvalue weighted by Crippen LogP contribution is 2.19. The van der Waals surface area contributed by atoms with Crippen LogP contribution in [0.5, 0.6) is 0 Å². The van der Waals surface area contributed by atoms with Gasteiger partial charge in [0.2, 0.25) is 5.91 Å². The molecule has 3 N–H and O–H groups in total. The Morgan fingerprint density at radius 2 is 2.15 bits per heavy atom. The van der Waals surface area contributed by atoms with Crippen molar-refractivity contribution in [3.05, 3.63) is 54.4 Å². The van der Waals surface area contributed by atoms with Crippen LogP contribution < -0.4 is 5.32 Å². The molecule has 0 aliphatic heterocycles. The van der Waals surface area contributed by atoms with Crippen LogP contribution in [0.1, 0.15) is 18.1 Å². The fourth-order valence-electron chi connectivity index (χ4n) is 2.69. The van der Waals surface area contributed by atoms with Gasteiger partial charge >= 0.3 is 0 Å². The van der Waals surface area contributed by atoms with E-state index in [0.29, 0.717) is 24.4 Å². The van der Waals surface area contributed by atoms with Gasteiger partial charge in [-0.25, -0.2) is 9.97 Å². The normalized spacial score (nSPS) is 11.0. The van der Waals surface area contributed by atoms with Crippen LogP contribution in [0.2, 0.25) is 0 Å². The molecule has 4 aromatic rings. The van der Waals surface area contributed by atoms with E-state index in [4.69, 9.17) is 0 Å². The maximum atomic E-state index is 12.3. The summed E-state index contributed by atoms with van der Waals surface area (Å²) in [6.45, 7) is 1.84. The zero-order chi connectivity index (χ0) is 17.9. The molecule has 0 aliphatic rings. The summed E-state index contributed by atoms with van der Waals surface area (Å²) in [5.74, 6) is 2.05. The Hall–Kier alpha value is -3.55. The number of hydrogen-bond donors (Lipinski definition) is 3. The van der Waals surface area contributed by atoms with Crippen LogP contribution in [0.25, 0.3) is 22.4 Å². The lowest BCUT2D eigenvalue weighted by Gasteiger charge is -2.05. The number of nitrogens with one attached hydrogen (secondary N) is 3. The van der Waals surface area contributed by atoms with E-state index < -0.39 is 0 Å². The monoisotopic (exact) mass is 347 g/mol. The SMILES string of the molecule is Cc1nc(-c2cccc(NC(=O)CCc3nc4ccncc4[nH]3)c2)n[nH]1. The van der Waals surface area contributed by atoms with Crippen molar-refractivity contribution in [3.63, 3.8) is 0 Å². The molecular weight excluding hydrogens is 330 g/mol. The third kappa shape index (κ3) is 3.44. The number of H-pyrrole nitrogens is 2. The van der Waals surface area contributed by atoms with E-state index in [-0.39, 0.29) is 5.91 Å². The molecule has 130 valence electrons. The molecule has 26 heavy (non-hydrogen) atoms. The highest BCUT2D eigenvalue weighted by Gasteiger charge is 2.09. The zero-order valence-electron chi connectivity index (χ0n) is 14.2. The molecular formula is C18H17N7O. The summed E-state index contributed by atoms with van der Waals surface area (Å²) in [7, 11) is 0. The lowest BCUT2D eigenvalue weighted by molar-refractivity contribution is -0.116. The van der Waals surface area contributed by atoms with Crippen LogP contribution in [-0.2, 0) is 11.2 Å². The van der Waals surface area contributed by atoms with Crippen molar-refractivity contribution in [2.24, 2.45) is 0 Å². The van der Waals surface area contributed by atoms with E-state index in [9.17, 15) is 4.79 Å². The fourth-order valence-corrected chi connectivity index (χ4v) is 2.69. The van der Waals surface area contributed by atoms with Gasteiger partial charge in [-0.3, -0.25) is 14.9 Å². The number of carbonyl (C=O) groups is 1. The Morgan fingerprint density at radius 1 is 1.23 bits per heavy atom. The first-order chi connectivity index (χ1) is 12.7. The molecule has 3 heterocycles. The second-order valence-corrected chi connectivity index (χ2v) is 5.95. The van der Waals surface area contributed by atoms with Gasteiger partial charge in [-0.15, -0.1) is 0 Å². The molecule has 1 aromatic carbocycles. The number of rotatable bonds is 5. The number of amides is 1. The minimum Gasteiger partial charge on any atom is -0.341 e. The minimum absolute atomic E-state index is 0.0769. The van der Waals surface area contributed by atoms with E-state index in [0.717, 1.165) is 28.2 Å². The molecule has 8 heteroatoms. The second-order valence-electron chi connectivity index (χ2n) is 5.95. The van der Waals surface area contributed by atoms with Gasteiger partial charge < -0.3 is 10.3 Å². The topological polar surface area (TPSA) is 112 Å². The Labute approximate surface area is 149 Å². The van der Waals surface area contributed by atoms with E-state index in [2.05, 4.69) is 35.5 Å². The molecule has 0 atom stereocenters. The predicted octanol–water partition coefficient (Wildman–Crippen LogP) is 2.62. The first-order valence-corrected chi connectivity index (χ1v) is 8.25. The van der Waals surface area contributed by atoms with Crippen LogP contribution in [0.4, 0.5) is 5.69 Å². The molecule has 0 radical (unpaired) electrons. The van der Waals surface area contributed by atoms with E-state index in [1.165, 1.54) is 0 Å². The van der Waals surface area contributed by atoms with Crippen molar-refractivity contribution in [1.29, 1.82) is 0 Å². The molecule has 4 rings (SSSR count). The standard InChI is InChI=1S/C18H17N7O/c1-11-20-18(25-24-11)12-3-2-4-13(9-12)21-17(26)6-5-16-22-14-7-8-19-10-15(14)23-16/h2-4,7-10H,5-6H2,1H3,(H,21,26)(H,22,23)(H,20,24,25). The molecule has 0 saturated heterocycles. The Balaban J connectivity index is 1.40. The van der Waals surface area contributed by atoms with Crippen molar-refractivity contribution in [3.8, 4) is 11.4 Å². The van der Waals surface area contributed by atoms with Crippen LogP contribution in [0.3, 0.4) is 0 Å². The van der Waals surface area contributed by atoms with Gasteiger partial charge in [0.05, 0.1) is 17.2 Å². The maximum Gasteiger partial charge on any atom is 0.224 e. The average molecular weight is 347 g/mol. The lowest BCUT2D eigenvalue weighted by atomic mass is 10.2. The molecule has 0 aliphatic carbocycles. The average Bonchev–Trinajstić information content (AvgIpc) is 3.26. The van der Waals surface area contributed by atoms with Crippen molar-refractivity contribution in [2.75, 3.05) is 5.32 Å². The number of imidazole rings is 1. The van der Waals surface area contributed by atoms with Gasteiger partial charge in [-0.05, 0) is 25.1 Å². The third-order valence-corrected chi connectivity index (χ3v) is 3.92. The highest BCUT2D eigenvalue weighted by atomic mass is 16.1. The van der Waals surface area contributed by atoms with Gasteiger partial charge in [0.25, 0.3) is 0 Å². The van der Waals surface area contributed by atoms with Crippen LogP contribution in [0.15, 0.2) is 42.7 Å². The molecule has 0 bridgehead atoms. The first-order valence-electron chi connectivity index (χ1n) is 8.25. The largest absolute Gasteiger partial charge is 0.341 e. The minimum atomic E-state index is -0.0769. The molecule has 0 fully saturated rings. The molecule has 0 spiro atoms. The predicted molar refractivity (Wildman–Crippen MR) is 97.4 cm³/mol. The van der Waals surface area contributed by atoms with E-state index in [1.54, 1.807) is 12.4 Å². The van der Waals surface area contributed by atoms with Gasteiger partial charge in [0.1, 0.15) is 11.6 Å². The zero-order valence-corrected chi connectivity index (χ0v) is 14.2. The summed E-state index contributed by atoms with van der Waals surface area (Å²) < 4.78 is 0. The Morgan fingerprint density at radius 3 is 2.96 bits per heavy atom. The first kappa shape index (κ1) is 15.9. The molecule has 3 aromatic heterocycles. The van der Waals surface area contributed by atoms with Crippen LogP contribution >= 0.6 is 0 Å². The van der Waals surface area contributed by atoms with Gasteiger partial charge in [-0.1, -0.05) is 12.1 Å². The second kappa shape index (κ2) is 6.75. The van der Waals surface area contributed by atoms with Crippen molar-refractivity contribution in [1.82, 2.24) is 30.1 Å². The highest BCUT2D eigenvalue weighted by molar-refractivity contribution is 5.91.